The lowest BCUT2D eigenvalue weighted by Crippen LogP contribution is -2.44. The summed E-state index contributed by atoms with van der Waals surface area (Å²) < 4.78 is 5.75. The third-order valence-electron chi connectivity index (χ3n) is 4.97. The molecule has 1 aromatic carbocycles. The molecule has 1 fully saturated rings. The first-order chi connectivity index (χ1) is 12.1. The summed E-state index contributed by atoms with van der Waals surface area (Å²) in [7, 11) is 0. The molecular formula is C20H24N2O3. The molecule has 5 heteroatoms. The van der Waals surface area contributed by atoms with E-state index >= 15 is 0 Å². The van der Waals surface area contributed by atoms with Crippen molar-refractivity contribution in [3.63, 3.8) is 0 Å². The van der Waals surface area contributed by atoms with Crippen molar-refractivity contribution in [1.29, 1.82) is 0 Å². The zero-order valence-corrected chi connectivity index (χ0v) is 14.4. The van der Waals surface area contributed by atoms with Crippen LogP contribution in [-0.2, 0) is 6.61 Å². The van der Waals surface area contributed by atoms with Crippen LogP contribution in [0.4, 0.5) is 0 Å². The van der Waals surface area contributed by atoms with Gasteiger partial charge in [0.25, 0.3) is 5.91 Å². The molecule has 0 aliphatic heterocycles. The Labute approximate surface area is 148 Å². The number of nitrogens with zero attached hydrogens (tertiary/aromatic N) is 1. The number of ether oxygens (including phenoxy) is 1. The third kappa shape index (κ3) is 4.17. The van der Waals surface area contributed by atoms with E-state index in [2.05, 4.69) is 10.3 Å². The number of aliphatic hydroxyl groups excluding tert-OH is 1. The first-order valence-electron chi connectivity index (χ1n) is 8.64. The van der Waals surface area contributed by atoms with Crippen molar-refractivity contribution in [3.8, 4) is 5.75 Å². The van der Waals surface area contributed by atoms with Gasteiger partial charge in [-0.3, -0.25) is 9.78 Å². The highest BCUT2D eigenvalue weighted by Gasteiger charge is 2.39. The minimum Gasteiger partial charge on any atom is -0.489 e. The Morgan fingerprint density at radius 1 is 1.40 bits per heavy atom. The maximum absolute atomic E-state index is 12.6. The lowest BCUT2D eigenvalue weighted by molar-refractivity contribution is 0.0830. The van der Waals surface area contributed by atoms with Crippen molar-refractivity contribution in [3.05, 3.63) is 59.9 Å². The Morgan fingerprint density at radius 2 is 2.28 bits per heavy atom. The van der Waals surface area contributed by atoms with Crippen molar-refractivity contribution in [2.75, 3.05) is 6.61 Å². The predicted octanol–water partition coefficient (Wildman–Crippen LogP) is 2.94. The van der Waals surface area contributed by atoms with Crippen LogP contribution in [0.15, 0.2) is 48.8 Å². The fraction of sp³-hybridized carbons (Fsp3) is 0.400. The molecule has 1 heterocycles. The van der Waals surface area contributed by atoms with Gasteiger partial charge in [-0.05, 0) is 37.1 Å². The van der Waals surface area contributed by atoms with E-state index in [-0.39, 0.29) is 24.0 Å². The van der Waals surface area contributed by atoms with Crippen LogP contribution in [0.25, 0.3) is 0 Å². The van der Waals surface area contributed by atoms with E-state index in [9.17, 15) is 9.90 Å². The van der Waals surface area contributed by atoms with Gasteiger partial charge in [0.2, 0.25) is 0 Å². The number of pyridine rings is 1. The second kappa shape index (κ2) is 7.66. The van der Waals surface area contributed by atoms with E-state index in [1.54, 1.807) is 24.5 Å². The second-order valence-corrected chi connectivity index (χ2v) is 6.91. The zero-order chi connectivity index (χ0) is 17.7. The van der Waals surface area contributed by atoms with E-state index in [0.29, 0.717) is 17.9 Å². The molecule has 1 aliphatic rings. The third-order valence-corrected chi connectivity index (χ3v) is 4.97. The first kappa shape index (κ1) is 17.4. The highest BCUT2D eigenvalue weighted by atomic mass is 16.5. The minimum absolute atomic E-state index is 0.00460. The highest BCUT2D eigenvalue weighted by molar-refractivity contribution is 5.94. The number of carbonyl (C=O) groups is 1. The van der Waals surface area contributed by atoms with Crippen LogP contribution < -0.4 is 10.1 Å². The maximum atomic E-state index is 12.6. The van der Waals surface area contributed by atoms with Gasteiger partial charge in [-0.1, -0.05) is 25.5 Å². The van der Waals surface area contributed by atoms with Crippen LogP contribution in [0, 0.1) is 5.41 Å². The Bertz CT molecular complexity index is 720. The van der Waals surface area contributed by atoms with Gasteiger partial charge in [0, 0.05) is 35.0 Å². The predicted molar refractivity (Wildman–Crippen MR) is 95.3 cm³/mol. The number of nitrogens with one attached hydrogen (secondary N) is 1. The number of amides is 1. The molecule has 1 amide bonds. The largest absolute Gasteiger partial charge is 0.489 e. The van der Waals surface area contributed by atoms with Gasteiger partial charge in [-0.2, -0.15) is 0 Å². The average Bonchev–Trinajstić information content (AvgIpc) is 3.02. The van der Waals surface area contributed by atoms with Crippen LogP contribution in [0.5, 0.6) is 5.75 Å². The topological polar surface area (TPSA) is 71.5 Å². The van der Waals surface area contributed by atoms with E-state index in [0.717, 1.165) is 24.8 Å². The normalized spacial score (nSPS) is 22.6. The fourth-order valence-corrected chi connectivity index (χ4v) is 3.29. The van der Waals surface area contributed by atoms with Crippen molar-refractivity contribution >= 4 is 5.91 Å². The van der Waals surface area contributed by atoms with Crippen molar-refractivity contribution in [1.82, 2.24) is 10.3 Å². The summed E-state index contributed by atoms with van der Waals surface area (Å²) in [6.07, 6.45) is 6.34. The lowest BCUT2D eigenvalue weighted by Gasteiger charge is -2.30. The molecule has 2 aromatic rings. The number of hydrogen-bond acceptors (Lipinski definition) is 4. The molecule has 25 heavy (non-hydrogen) atoms. The van der Waals surface area contributed by atoms with Crippen molar-refractivity contribution in [2.24, 2.45) is 5.41 Å². The maximum Gasteiger partial charge on any atom is 0.251 e. The molecular weight excluding hydrogens is 316 g/mol. The minimum atomic E-state index is -0.232. The van der Waals surface area contributed by atoms with Crippen LogP contribution in [0.1, 0.15) is 42.1 Å². The van der Waals surface area contributed by atoms with Crippen LogP contribution in [-0.4, -0.2) is 28.6 Å². The quantitative estimate of drug-likeness (QED) is 0.848. The Hall–Kier alpha value is -2.40. The number of rotatable bonds is 6. The van der Waals surface area contributed by atoms with Gasteiger partial charge < -0.3 is 15.2 Å². The molecule has 1 aliphatic carbocycles. The molecule has 0 saturated heterocycles. The second-order valence-electron chi connectivity index (χ2n) is 6.91. The number of aliphatic hydroxyl groups is 1. The number of carbonyl (C=O) groups excluding carboxylic acids is 1. The Balaban J connectivity index is 1.63. The van der Waals surface area contributed by atoms with Crippen LogP contribution >= 0.6 is 0 Å². The first-order valence-corrected chi connectivity index (χ1v) is 8.64. The van der Waals surface area contributed by atoms with Gasteiger partial charge in [0.1, 0.15) is 12.4 Å². The average molecular weight is 340 g/mol. The monoisotopic (exact) mass is 340 g/mol. The molecule has 1 saturated carbocycles. The molecule has 0 spiro atoms. The van der Waals surface area contributed by atoms with Crippen LogP contribution in [0.2, 0.25) is 0 Å². The van der Waals surface area contributed by atoms with Gasteiger partial charge >= 0.3 is 0 Å². The summed E-state index contributed by atoms with van der Waals surface area (Å²) in [5, 5.41) is 12.7. The van der Waals surface area contributed by atoms with Gasteiger partial charge in [-0.15, -0.1) is 0 Å². The molecule has 0 bridgehead atoms. The van der Waals surface area contributed by atoms with Crippen LogP contribution in [0.3, 0.4) is 0 Å². The smallest absolute Gasteiger partial charge is 0.251 e. The molecule has 0 radical (unpaired) electrons. The SMILES string of the molecule is CC1(CO)CCCC1NC(=O)c1cccc(OCc2cccnc2)c1. The molecule has 5 nitrogen and oxygen atoms in total. The molecule has 1 aromatic heterocycles. The molecule has 132 valence electrons. The summed E-state index contributed by atoms with van der Waals surface area (Å²) in [5.74, 6) is 0.520. The van der Waals surface area contributed by atoms with E-state index in [4.69, 9.17) is 4.74 Å². The van der Waals surface area contributed by atoms with E-state index < -0.39 is 0 Å². The fourth-order valence-electron chi connectivity index (χ4n) is 3.29. The number of hydrogen-bond donors (Lipinski definition) is 2. The zero-order valence-electron chi connectivity index (χ0n) is 14.4. The molecule has 3 rings (SSSR count). The summed E-state index contributed by atoms with van der Waals surface area (Å²) in [6.45, 7) is 2.52. The van der Waals surface area contributed by atoms with Crippen molar-refractivity contribution < 1.29 is 14.6 Å². The van der Waals surface area contributed by atoms with Gasteiger partial charge in [-0.25, -0.2) is 0 Å². The van der Waals surface area contributed by atoms with E-state index in [1.807, 2.05) is 31.2 Å². The summed E-state index contributed by atoms with van der Waals surface area (Å²) in [5.41, 5.74) is 1.31. The summed E-state index contributed by atoms with van der Waals surface area (Å²) in [6, 6.07) is 11.0. The standard InChI is InChI=1S/C20H24N2O3/c1-20(14-23)9-3-8-18(20)22-19(24)16-6-2-7-17(11-16)25-13-15-5-4-10-21-12-15/h2,4-7,10-12,18,23H,3,8-9,13-14H2,1H3,(H,22,24). The molecule has 2 unspecified atom stereocenters. The van der Waals surface area contributed by atoms with E-state index in [1.165, 1.54) is 0 Å². The molecule has 2 atom stereocenters. The number of aromatic nitrogens is 1. The van der Waals surface area contributed by atoms with Gasteiger partial charge in [0.15, 0.2) is 0 Å². The Morgan fingerprint density at radius 3 is 3.04 bits per heavy atom. The van der Waals surface area contributed by atoms with Gasteiger partial charge in [0.05, 0.1) is 6.61 Å². The lowest BCUT2D eigenvalue weighted by atomic mass is 9.85. The van der Waals surface area contributed by atoms with Crippen molar-refractivity contribution in [2.45, 2.75) is 38.8 Å². The Kier molecular flexibility index (Phi) is 5.34. The highest BCUT2D eigenvalue weighted by Crippen LogP contribution is 2.37. The number of benzene rings is 1. The summed E-state index contributed by atoms with van der Waals surface area (Å²) in [4.78, 5) is 16.6. The summed E-state index contributed by atoms with van der Waals surface area (Å²) >= 11 is 0. The molecule has 2 N–H and O–H groups in total.